The average Bonchev–Trinajstić information content (AvgIpc) is 2.40. The van der Waals surface area contributed by atoms with Gasteiger partial charge in [0.15, 0.2) is 0 Å². The lowest BCUT2D eigenvalue weighted by Crippen LogP contribution is -2.44. The molecular weight excluding hydrogens is 255 g/mol. The van der Waals surface area contributed by atoms with E-state index < -0.39 is 5.82 Å². The van der Waals surface area contributed by atoms with E-state index in [4.69, 9.17) is 11.6 Å². The number of rotatable bonds is 3. The number of phenolic OH excluding ortho intramolecular Hbond substituents is 1. The molecule has 1 aliphatic rings. The van der Waals surface area contributed by atoms with Crippen LogP contribution in [0.25, 0.3) is 0 Å². The number of nitrogens with one attached hydrogen (secondary N) is 1. The summed E-state index contributed by atoms with van der Waals surface area (Å²) >= 11 is 5.84. The maximum Gasteiger partial charge on any atom is 0.142 e. The third kappa shape index (κ3) is 2.51. The first-order valence-electron chi connectivity index (χ1n) is 5.89. The minimum absolute atomic E-state index is 0.161. The highest BCUT2D eigenvalue weighted by atomic mass is 35.5. The molecule has 0 aliphatic carbocycles. The number of benzene rings is 1. The van der Waals surface area contributed by atoms with E-state index in [0.717, 1.165) is 26.2 Å². The summed E-state index contributed by atoms with van der Waals surface area (Å²) in [6.45, 7) is 6.98. The van der Waals surface area contributed by atoms with Crippen LogP contribution in [0.2, 0.25) is 5.02 Å². The lowest BCUT2D eigenvalue weighted by atomic mass is 10.0. The molecule has 0 amide bonds. The van der Waals surface area contributed by atoms with E-state index in [0.29, 0.717) is 0 Å². The third-order valence-corrected chi connectivity index (χ3v) is 3.48. The summed E-state index contributed by atoms with van der Waals surface area (Å²) in [5.74, 6) is -0.652. The molecule has 3 nitrogen and oxygen atoms in total. The Morgan fingerprint density at radius 2 is 2.11 bits per heavy atom. The van der Waals surface area contributed by atoms with Crippen LogP contribution in [0.4, 0.5) is 4.39 Å². The van der Waals surface area contributed by atoms with E-state index in [-0.39, 0.29) is 22.4 Å². The van der Waals surface area contributed by atoms with Gasteiger partial charge in [-0.05, 0) is 12.1 Å². The number of hydrogen-bond donors (Lipinski definition) is 2. The Morgan fingerprint density at radius 1 is 1.44 bits per heavy atom. The third-order valence-electron chi connectivity index (χ3n) is 3.18. The number of phenols is 1. The second-order valence-corrected chi connectivity index (χ2v) is 4.67. The lowest BCUT2D eigenvalue weighted by Gasteiger charge is -2.33. The highest BCUT2D eigenvalue weighted by Gasteiger charge is 2.25. The molecule has 18 heavy (non-hydrogen) atoms. The number of piperazine rings is 1. The van der Waals surface area contributed by atoms with Crippen LogP contribution >= 0.6 is 11.6 Å². The molecule has 5 heteroatoms. The summed E-state index contributed by atoms with van der Waals surface area (Å²) in [5, 5.41) is 13.3. The van der Waals surface area contributed by atoms with Crippen molar-refractivity contribution in [1.82, 2.24) is 10.2 Å². The molecule has 1 aliphatic heterocycles. The molecule has 1 aromatic carbocycles. The quantitative estimate of drug-likeness (QED) is 0.828. The number of hydrogen-bond acceptors (Lipinski definition) is 3. The van der Waals surface area contributed by atoms with Gasteiger partial charge in [0, 0.05) is 26.2 Å². The van der Waals surface area contributed by atoms with Crippen molar-refractivity contribution in [2.75, 3.05) is 26.2 Å². The van der Waals surface area contributed by atoms with Gasteiger partial charge in [-0.1, -0.05) is 17.7 Å². The Bertz CT molecular complexity index is 447. The molecule has 1 fully saturated rings. The smallest absolute Gasteiger partial charge is 0.142 e. The second-order valence-electron chi connectivity index (χ2n) is 4.26. The first-order valence-corrected chi connectivity index (χ1v) is 6.27. The number of nitrogens with zero attached hydrogens (tertiary/aromatic N) is 1. The Hall–Kier alpha value is -1.10. The van der Waals surface area contributed by atoms with Crippen molar-refractivity contribution in [3.63, 3.8) is 0 Å². The van der Waals surface area contributed by atoms with E-state index in [1.807, 2.05) is 0 Å². The maximum absolute atomic E-state index is 13.9. The highest BCUT2D eigenvalue weighted by Crippen LogP contribution is 2.36. The molecular formula is C13H16ClFN2O. The zero-order valence-corrected chi connectivity index (χ0v) is 10.8. The van der Waals surface area contributed by atoms with Gasteiger partial charge in [0.2, 0.25) is 0 Å². The van der Waals surface area contributed by atoms with Gasteiger partial charge in [-0.15, -0.1) is 6.58 Å². The van der Waals surface area contributed by atoms with Crippen LogP contribution in [0, 0.1) is 5.82 Å². The van der Waals surface area contributed by atoms with Crippen molar-refractivity contribution in [1.29, 1.82) is 0 Å². The molecule has 0 aromatic heterocycles. The fourth-order valence-corrected chi connectivity index (χ4v) is 2.41. The van der Waals surface area contributed by atoms with Gasteiger partial charge < -0.3 is 10.4 Å². The predicted molar refractivity (Wildman–Crippen MR) is 70.5 cm³/mol. The van der Waals surface area contributed by atoms with Gasteiger partial charge in [0.25, 0.3) is 0 Å². The molecule has 0 bridgehead atoms. The van der Waals surface area contributed by atoms with Gasteiger partial charge >= 0.3 is 0 Å². The van der Waals surface area contributed by atoms with Crippen molar-refractivity contribution in [3.8, 4) is 5.75 Å². The molecule has 1 saturated heterocycles. The molecule has 1 heterocycles. The normalized spacial score (nSPS) is 18.6. The standard InChI is InChI=1S/C13H16ClFN2O/c1-2-11(17-7-5-16-6-8-17)12-10(15)4-3-9(14)13(12)18/h2-4,11,16,18H,1,5-8H2/t11-/m1/s1. The average molecular weight is 271 g/mol. The Labute approximate surface area is 111 Å². The molecule has 0 radical (unpaired) electrons. The second kappa shape index (κ2) is 5.69. The largest absolute Gasteiger partial charge is 0.506 e. The maximum atomic E-state index is 13.9. The van der Waals surface area contributed by atoms with Gasteiger partial charge in [0.1, 0.15) is 11.6 Å². The number of aromatic hydroxyl groups is 1. The molecule has 0 unspecified atom stereocenters. The van der Waals surface area contributed by atoms with Crippen molar-refractivity contribution in [3.05, 3.63) is 41.2 Å². The van der Waals surface area contributed by atoms with Crippen molar-refractivity contribution in [2.24, 2.45) is 0 Å². The monoisotopic (exact) mass is 270 g/mol. The summed E-state index contributed by atoms with van der Waals surface area (Å²) in [7, 11) is 0. The van der Waals surface area contributed by atoms with Crippen molar-refractivity contribution < 1.29 is 9.50 Å². The minimum atomic E-state index is -0.458. The molecule has 2 rings (SSSR count). The lowest BCUT2D eigenvalue weighted by molar-refractivity contribution is 0.197. The zero-order chi connectivity index (χ0) is 13.1. The first-order chi connectivity index (χ1) is 8.65. The van der Waals surface area contributed by atoms with Gasteiger partial charge in [-0.2, -0.15) is 0 Å². The van der Waals surface area contributed by atoms with E-state index in [1.165, 1.54) is 12.1 Å². The van der Waals surface area contributed by atoms with E-state index >= 15 is 0 Å². The predicted octanol–water partition coefficient (Wildman–Crippen LogP) is 2.32. The van der Waals surface area contributed by atoms with Crippen LogP contribution in [0.5, 0.6) is 5.75 Å². The fourth-order valence-electron chi connectivity index (χ4n) is 2.25. The van der Waals surface area contributed by atoms with Crippen LogP contribution < -0.4 is 5.32 Å². The number of halogens is 2. The van der Waals surface area contributed by atoms with Crippen LogP contribution in [-0.2, 0) is 0 Å². The van der Waals surface area contributed by atoms with Crippen LogP contribution in [0.1, 0.15) is 11.6 Å². The van der Waals surface area contributed by atoms with Crippen LogP contribution in [0.15, 0.2) is 24.8 Å². The molecule has 0 spiro atoms. The molecule has 0 saturated carbocycles. The minimum Gasteiger partial charge on any atom is -0.506 e. The van der Waals surface area contributed by atoms with Crippen LogP contribution in [0.3, 0.4) is 0 Å². The van der Waals surface area contributed by atoms with Crippen LogP contribution in [-0.4, -0.2) is 36.2 Å². The van der Waals surface area contributed by atoms with E-state index in [1.54, 1.807) is 6.08 Å². The Morgan fingerprint density at radius 3 is 2.72 bits per heavy atom. The fraction of sp³-hybridized carbons (Fsp3) is 0.385. The molecule has 1 atom stereocenters. The Kier molecular flexibility index (Phi) is 4.22. The Balaban J connectivity index is 2.37. The highest BCUT2D eigenvalue weighted by molar-refractivity contribution is 6.32. The summed E-state index contributed by atoms with van der Waals surface area (Å²) < 4.78 is 13.9. The summed E-state index contributed by atoms with van der Waals surface area (Å²) in [6, 6.07) is 2.27. The summed E-state index contributed by atoms with van der Waals surface area (Å²) in [4.78, 5) is 2.07. The zero-order valence-electron chi connectivity index (χ0n) is 10.00. The van der Waals surface area contributed by atoms with Crippen molar-refractivity contribution in [2.45, 2.75) is 6.04 Å². The molecule has 2 N–H and O–H groups in total. The molecule has 1 aromatic rings. The SMILES string of the molecule is C=C[C@H](c1c(F)ccc(Cl)c1O)N1CCNCC1. The van der Waals surface area contributed by atoms with Gasteiger partial charge in [0.05, 0.1) is 16.6 Å². The van der Waals surface area contributed by atoms with Gasteiger partial charge in [-0.25, -0.2) is 4.39 Å². The first kappa shape index (κ1) is 13.3. The van der Waals surface area contributed by atoms with Gasteiger partial charge in [-0.3, -0.25) is 4.90 Å². The van der Waals surface area contributed by atoms with Crippen molar-refractivity contribution >= 4 is 11.6 Å². The summed E-state index contributed by atoms with van der Waals surface area (Å²) in [6.07, 6.45) is 1.64. The summed E-state index contributed by atoms with van der Waals surface area (Å²) in [5.41, 5.74) is 0.208. The van der Waals surface area contributed by atoms with E-state index in [2.05, 4.69) is 16.8 Å². The van der Waals surface area contributed by atoms with E-state index in [9.17, 15) is 9.50 Å². The molecule has 98 valence electrons. The topological polar surface area (TPSA) is 35.5 Å².